The van der Waals surface area contributed by atoms with Crippen LogP contribution in [0.25, 0.3) is 10.9 Å². The van der Waals surface area contributed by atoms with Crippen molar-refractivity contribution in [1.82, 2.24) is 15.2 Å². The number of halogens is 1. The molecule has 28 heavy (non-hydrogen) atoms. The molecular weight excluding hydrogens is 361 g/mol. The minimum atomic E-state index is -0.457. The Morgan fingerprint density at radius 2 is 2.00 bits per heavy atom. The fourth-order valence-corrected chi connectivity index (χ4v) is 3.60. The van der Waals surface area contributed by atoms with E-state index < -0.39 is 5.82 Å². The summed E-state index contributed by atoms with van der Waals surface area (Å²) >= 11 is 0. The number of carbonyl (C=O) groups excluding carboxylic acids is 2. The molecule has 4 rings (SSSR count). The molecule has 6 nitrogen and oxygen atoms in total. The van der Waals surface area contributed by atoms with E-state index >= 15 is 0 Å². The number of likely N-dealkylation sites (tertiary alicyclic amines) is 1. The quantitative estimate of drug-likeness (QED) is 0.755. The van der Waals surface area contributed by atoms with E-state index in [0.29, 0.717) is 48.2 Å². The standard InChI is InChI=1S/C21H20FN3O3/c1-13-17(6-10-28-13)20(26)24-16-4-8-25(9-5-16)21(27)18-12-15(22)11-14-3-2-7-23-19(14)18/h2-3,6-7,10-12,16H,4-5,8-9H2,1H3,(H,24,26). The van der Waals surface area contributed by atoms with Crippen LogP contribution in [0.15, 0.2) is 47.2 Å². The predicted molar refractivity (Wildman–Crippen MR) is 102 cm³/mol. The molecule has 3 aromatic rings. The van der Waals surface area contributed by atoms with Crippen molar-refractivity contribution in [2.24, 2.45) is 0 Å². The fraction of sp³-hybridized carbons (Fsp3) is 0.286. The van der Waals surface area contributed by atoms with Gasteiger partial charge in [0.05, 0.1) is 22.9 Å². The van der Waals surface area contributed by atoms with E-state index in [1.54, 1.807) is 36.2 Å². The molecule has 0 atom stereocenters. The molecule has 1 aliphatic heterocycles. The molecule has 1 saturated heterocycles. The molecule has 0 spiro atoms. The first-order valence-electron chi connectivity index (χ1n) is 9.21. The molecule has 2 aromatic heterocycles. The fourth-order valence-electron chi connectivity index (χ4n) is 3.60. The van der Waals surface area contributed by atoms with Gasteiger partial charge < -0.3 is 14.6 Å². The zero-order valence-electron chi connectivity index (χ0n) is 15.4. The van der Waals surface area contributed by atoms with Crippen molar-refractivity contribution >= 4 is 22.7 Å². The SMILES string of the molecule is Cc1occc1C(=O)NC1CCN(C(=O)c2cc(F)cc3cccnc23)CC1. The van der Waals surface area contributed by atoms with Crippen LogP contribution in [0.1, 0.15) is 39.3 Å². The van der Waals surface area contributed by atoms with Gasteiger partial charge >= 0.3 is 0 Å². The van der Waals surface area contributed by atoms with E-state index in [2.05, 4.69) is 10.3 Å². The molecule has 0 aliphatic carbocycles. The molecule has 3 heterocycles. The van der Waals surface area contributed by atoms with Crippen molar-refractivity contribution in [2.75, 3.05) is 13.1 Å². The lowest BCUT2D eigenvalue weighted by molar-refractivity contribution is 0.0699. The van der Waals surface area contributed by atoms with Crippen molar-refractivity contribution in [2.45, 2.75) is 25.8 Å². The molecule has 2 amide bonds. The van der Waals surface area contributed by atoms with Gasteiger partial charge in [0, 0.05) is 30.7 Å². The zero-order chi connectivity index (χ0) is 19.7. The maximum atomic E-state index is 13.9. The minimum absolute atomic E-state index is 0.0202. The number of nitrogens with one attached hydrogen (secondary N) is 1. The van der Waals surface area contributed by atoms with Crippen molar-refractivity contribution in [1.29, 1.82) is 0 Å². The lowest BCUT2D eigenvalue weighted by atomic mass is 10.0. The molecule has 0 saturated carbocycles. The second-order valence-electron chi connectivity index (χ2n) is 6.96. The smallest absolute Gasteiger partial charge is 0.256 e. The number of aromatic nitrogens is 1. The molecule has 7 heteroatoms. The maximum absolute atomic E-state index is 13.9. The van der Waals surface area contributed by atoms with Gasteiger partial charge in [-0.05, 0) is 44.0 Å². The lowest BCUT2D eigenvalue weighted by Crippen LogP contribution is -2.46. The van der Waals surface area contributed by atoms with Crippen LogP contribution in [0.4, 0.5) is 4.39 Å². The van der Waals surface area contributed by atoms with Gasteiger partial charge in [0.2, 0.25) is 0 Å². The van der Waals surface area contributed by atoms with Crippen LogP contribution in [0.3, 0.4) is 0 Å². The first-order chi connectivity index (χ1) is 13.5. The molecule has 1 N–H and O–H groups in total. The molecule has 1 fully saturated rings. The van der Waals surface area contributed by atoms with Crippen molar-refractivity contribution in [3.8, 4) is 0 Å². The van der Waals surface area contributed by atoms with Gasteiger partial charge in [-0.1, -0.05) is 6.07 Å². The largest absolute Gasteiger partial charge is 0.469 e. The summed E-state index contributed by atoms with van der Waals surface area (Å²) in [4.78, 5) is 31.2. The first-order valence-corrected chi connectivity index (χ1v) is 9.21. The van der Waals surface area contributed by atoms with E-state index in [0.717, 1.165) is 0 Å². The Labute approximate surface area is 161 Å². The average Bonchev–Trinajstić information content (AvgIpc) is 3.13. The number of hydrogen-bond donors (Lipinski definition) is 1. The van der Waals surface area contributed by atoms with Crippen LogP contribution in [0.5, 0.6) is 0 Å². The second kappa shape index (κ2) is 7.42. The van der Waals surface area contributed by atoms with Gasteiger partial charge in [0.25, 0.3) is 11.8 Å². The van der Waals surface area contributed by atoms with Crippen LogP contribution >= 0.6 is 0 Å². The van der Waals surface area contributed by atoms with Crippen LogP contribution in [0, 0.1) is 12.7 Å². The van der Waals surface area contributed by atoms with E-state index in [-0.39, 0.29) is 23.4 Å². The third kappa shape index (κ3) is 3.47. The van der Waals surface area contributed by atoms with Crippen LogP contribution in [-0.2, 0) is 0 Å². The summed E-state index contributed by atoms with van der Waals surface area (Å²) in [7, 11) is 0. The Balaban J connectivity index is 1.44. The molecular formula is C21H20FN3O3. The Morgan fingerprint density at radius 1 is 1.21 bits per heavy atom. The summed E-state index contributed by atoms with van der Waals surface area (Å²) < 4.78 is 19.1. The van der Waals surface area contributed by atoms with Crippen molar-refractivity contribution in [3.63, 3.8) is 0 Å². The van der Waals surface area contributed by atoms with Gasteiger partial charge in [-0.15, -0.1) is 0 Å². The summed E-state index contributed by atoms with van der Waals surface area (Å²) in [5.41, 5.74) is 1.29. The molecule has 0 bridgehead atoms. The van der Waals surface area contributed by atoms with Gasteiger partial charge in [-0.2, -0.15) is 0 Å². The summed E-state index contributed by atoms with van der Waals surface area (Å²) in [5, 5.41) is 3.59. The van der Waals surface area contributed by atoms with Crippen molar-refractivity contribution < 1.29 is 18.4 Å². The molecule has 1 aliphatic rings. The molecule has 0 radical (unpaired) electrons. The van der Waals surface area contributed by atoms with Crippen LogP contribution < -0.4 is 5.32 Å². The number of carbonyl (C=O) groups is 2. The van der Waals surface area contributed by atoms with Crippen LogP contribution in [-0.4, -0.2) is 40.8 Å². The normalized spacial score (nSPS) is 15.0. The van der Waals surface area contributed by atoms with E-state index in [1.165, 1.54) is 18.4 Å². The number of fused-ring (bicyclic) bond motifs is 1. The van der Waals surface area contributed by atoms with Gasteiger partial charge in [-0.3, -0.25) is 14.6 Å². The number of aryl methyl sites for hydroxylation is 1. The average molecular weight is 381 g/mol. The van der Waals surface area contributed by atoms with Crippen molar-refractivity contribution in [3.05, 3.63) is 65.5 Å². The summed E-state index contributed by atoms with van der Waals surface area (Å²) in [6.07, 6.45) is 4.35. The lowest BCUT2D eigenvalue weighted by Gasteiger charge is -2.32. The van der Waals surface area contributed by atoms with Gasteiger partial charge in [0.1, 0.15) is 11.6 Å². The number of pyridine rings is 1. The molecule has 0 unspecified atom stereocenters. The summed E-state index contributed by atoms with van der Waals surface area (Å²) in [6.45, 7) is 2.71. The highest BCUT2D eigenvalue weighted by atomic mass is 19.1. The van der Waals surface area contributed by atoms with Gasteiger partial charge in [0.15, 0.2) is 0 Å². The number of amides is 2. The van der Waals surface area contributed by atoms with E-state index in [4.69, 9.17) is 4.42 Å². The highest BCUT2D eigenvalue weighted by molar-refractivity contribution is 6.05. The summed E-state index contributed by atoms with van der Waals surface area (Å²) in [6, 6.07) is 7.69. The monoisotopic (exact) mass is 381 g/mol. The van der Waals surface area contributed by atoms with Crippen LogP contribution in [0.2, 0.25) is 0 Å². The number of hydrogen-bond acceptors (Lipinski definition) is 4. The topological polar surface area (TPSA) is 75.4 Å². The predicted octanol–water partition coefficient (Wildman–Crippen LogP) is 3.31. The number of benzene rings is 1. The maximum Gasteiger partial charge on any atom is 0.256 e. The Kier molecular flexibility index (Phi) is 4.81. The number of nitrogens with zero attached hydrogens (tertiary/aromatic N) is 2. The van der Waals surface area contributed by atoms with Gasteiger partial charge in [-0.25, -0.2) is 4.39 Å². The Hall–Kier alpha value is -3.22. The second-order valence-corrected chi connectivity index (χ2v) is 6.96. The molecule has 1 aromatic carbocycles. The highest BCUT2D eigenvalue weighted by Gasteiger charge is 2.27. The summed E-state index contributed by atoms with van der Waals surface area (Å²) in [5.74, 6) is -0.285. The number of rotatable bonds is 3. The third-order valence-electron chi connectivity index (χ3n) is 5.12. The number of piperidine rings is 1. The molecule has 144 valence electrons. The van der Waals surface area contributed by atoms with E-state index in [9.17, 15) is 14.0 Å². The minimum Gasteiger partial charge on any atom is -0.469 e. The first kappa shape index (κ1) is 18.2. The zero-order valence-corrected chi connectivity index (χ0v) is 15.4. The highest BCUT2D eigenvalue weighted by Crippen LogP contribution is 2.22. The number of furan rings is 1. The van der Waals surface area contributed by atoms with E-state index in [1.807, 2.05) is 0 Å². The Morgan fingerprint density at radius 3 is 2.71 bits per heavy atom. The third-order valence-corrected chi connectivity index (χ3v) is 5.12. The Bertz CT molecular complexity index is 1040.